The molecule has 0 saturated heterocycles. The van der Waals surface area contributed by atoms with Gasteiger partial charge in [0, 0.05) is 11.3 Å². The number of hydrogen-bond donors (Lipinski definition) is 1. The molecule has 3 heteroatoms. The van der Waals surface area contributed by atoms with Crippen LogP contribution in [-0.4, -0.2) is 0 Å². The number of rotatable bonds is 0. The number of fused-ring (bicyclic) bond motifs is 1. The van der Waals surface area contributed by atoms with Gasteiger partial charge in [0.2, 0.25) is 0 Å². The molecule has 64 valence electrons. The van der Waals surface area contributed by atoms with Crippen molar-refractivity contribution in [3.63, 3.8) is 0 Å². The fraction of sp³-hybridized carbons (Fsp3) is 0.333. The second-order valence-electron chi connectivity index (χ2n) is 3.01. The highest BCUT2D eigenvalue weighted by molar-refractivity contribution is 7.80. The maximum atomic E-state index is 13.1. The average molecular weight is 186 g/mol. The van der Waals surface area contributed by atoms with E-state index in [1.807, 2.05) is 0 Å². The number of halogens is 2. The first-order valence-electron chi connectivity index (χ1n) is 3.84. The highest BCUT2D eigenvalue weighted by atomic mass is 32.1. The number of hydrogen-bond acceptors (Lipinski definition) is 1. The summed E-state index contributed by atoms with van der Waals surface area (Å²) in [6.07, 6.45) is 1.48. The zero-order valence-corrected chi connectivity index (χ0v) is 7.24. The Morgan fingerprint density at radius 3 is 2.83 bits per heavy atom. The van der Waals surface area contributed by atoms with Gasteiger partial charge in [-0.05, 0) is 30.0 Å². The molecule has 0 spiro atoms. The molecule has 1 aliphatic rings. The third kappa shape index (κ3) is 1.12. The molecule has 0 radical (unpaired) electrons. The van der Waals surface area contributed by atoms with E-state index in [0.29, 0.717) is 12.0 Å². The van der Waals surface area contributed by atoms with E-state index in [1.54, 1.807) is 0 Å². The molecule has 12 heavy (non-hydrogen) atoms. The smallest absolute Gasteiger partial charge is 0.129 e. The van der Waals surface area contributed by atoms with Crippen LogP contribution in [0, 0.1) is 11.6 Å². The van der Waals surface area contributed by atoms with Crippen LogP contribution in [0.3, 0.4) is 0 Å². The van der Waals surface area contributed by atoms with Gasteiger partial charge in [0.25, 0.3) is 0 Å². The first kappa shape index (κ1) is 8.05. The predicted octanol–water partition coefficient (Wildman–Crippen LogP) is 2.88. The van der Waals surface area contributed by atoms with Gasteiger partial charge < -0.3 is 0 Å². The van der Waals surface area contributed by atoms with Crippen molar-refractivity contribution < 1.29 is 8.78 Å². The minimum atomic E-state index is -0.507. The molecule has 0 saturated carbocycles. The van der Waals surface area contributed by atoms with Gasteiger partial charge >= 0.3 is 0 Å². The Bertz CT molecular complexity index is 323. The Hall–Kier alpha value is -0.570. The zero-order valence-electron chi connectivity index (χ0n) is 6.35. The lowest BCUT2D eigenvalue weighted by Gasteiger charge is -2.03. The Labute approximate surface area is 75.0 Å². The number of thiol groups is 1. The van der Waals surface area contributed by atoms with E-state index in [9.17, 15) is 8.78 Å². The van der Waals surface area contributed by atoms with Crippen LogP contribution in [0.4, 0.5) is 8.78 Å². The summed E-state index contributed by atoms with van der Waals surface area (Å²) in [4.78, 5) is 0. The molecule has 1 aliphatic carbocycles. The van der Waals surface area contributed by atoms with E-state index in [-0.39, 0.29) is 5.25 Å². The van der Waals surface area contributed by atoms with E-state index < -0.39 is 11.6 Å². The largest absolute Gasteiger partial charge is 0.207 e. The van der Waals surface area contributed by atoms with Crippen molar-refractivity contribution in [1.29, 1.82) is 0 Å². The molecule has 1 aromatic rings. The molecule has 0 amide bonds. The highest BCUT2D eigenvalue weighted by Crippen LogP contribution is 2.37. The second kappa shape index (κ2) is 2.73. The molecular formula is C9H8F2S. The molecule has 1 atom stereocenters. The monoisotopic (exact) mass is 186 g/mol. The van der Waals surface area contributed by atoms with Gasteiger partial charge in [0.15, 0.2) is 0 Å². The van der Waals surface area contributed by atoms with E-state index in [0.717, 1.165) is 18.1 Å². The quantitative estimate of drug-likeness (QED) is 0.592. The van der Waals surface area contributed by atoms with E-state index in [1.165, 1.54) is 6.07 Å². The lowest BCUT2D eigenvalue weighted by molar-refractivity contribution is 0.574. The Morgan fingerprint density at radius 2 is 2.08 bits per heavy atom. The summed E-state index contributed by atoms with van der Waals surface area (Å²) in [7, 11) is 0. The molecule has 0 fully saturated rings. The van der Waals surface area contributed by atoms with E-state index >= 15 is 0 Å². The first-order chi connectivity index (χ1) is 5.68. The fourth-order valence-electron chi connectivity index (χ4n) is 1.62. The summed E-state index contributed by atoms with van der Waals surface area (Å²) in [5, 5.41) is 0.00481. The molecule has 0 N–H and O–H groups in total. The lowest BCUT2D eigenvalue weighted by Crippen LogP contribution is -1.91. The molecule has 1 aromatic carbocycles. The van der Waals surface area contributed by atoms with Crippen LogP contribution >= 0.6 is 12.6 Å². The van der Waals surface area contributed by atoms with E-state index in [2.05, 4.69) is 12.6 Å². The van der Waals surface area contributed by atoms with Crippen LogP contribution in [0.25, 0.3) is 0 Å². The lowest BCUT2D eigenvalue weighted by atomic mass is 10.1. The van der Waals surface area contributed by atoms with Crippen molar-refractivity contribution in [2.45, 2.75) is 18.1 Å². The van der Waals surface area contributed by atoms with Crippen LogP contribution in [0.1, 0.15) is 22.8 Å². The van der Waals surface area contributed by atoms with Crippen molar-refractivity contribution in [3.05, 3.63) is 34.9 Å². The Kier molecular flexibility index (Phi) is 1.83. The van der Waals surface area contributed by atoms with Crippen molar-refractivity contribution in [1.82, 2.24) is 0 Å². The first-order valence-corrected chi connectivity index (χ1v) is 4.36. The maximum absolute atomic E-state index is 13.1. The molecule has 0 heterocycles. The Morgan fingerprint density at radius 1 is 1.33 bits per heavy atom. The topological polar surface area (TPSA) is 0 Å². The van der Waals surface area contributed by atoms with Gasteiger partial charge in [-0.1, -0.05) is 0 Å². The van der Waals surface area contributed by atoms with Crippen molar-refractivity contribution in [2.75, 3.05) is 0 Å². The second-order valence-corrected chi connectivity index (χ2v) is 3.63. The van der Waals surface area contributed by atoms with Gasteiger partial charge in [-0.3, -0.25) is 0 Å². The molecule has 0 aliphatic heterocycles. The maximum Gasteiger partial charge on any atom is 0.129 e. The van der Waals surface area contributed by atoms with Crippen LogP contribution in [0.15, 0.2) is 12.1 Å². The van der Waals surface area contributed by atoms with Crippen molar-refractivity contribution >= 4 is 12.6 Å². The third-order valence-corrected chi connectivity index (χ3v) is 2.76. The van der Waals surface area contributed by atoms with Crippen LogP contribution in [0.5, 0.6) is 0 Å². The standard InChI is InChI=1S/C9H8F2S/c10-5-3-7-6(8(11)4-5)1-2-9(7)12/h3-4,9,12H,1-2H2. The van der Waals surface area contributed by atoms with Gasteiger partial charge in [-0.25, -0.2) is 8.78 Å². The zero-order chi connectivity index (χ0) is 8.72. The minimum Gasteiger partial charge on any atom is -0.207 e. The Balaban J connectivity index is 2.60. The van der Waals surface area contributed by atoms with Gasteiger partial charge in [0.1, 0.15) is 11.6 Å². The van der Waals surface area contributed by atoms with Crippen molar-refractivity contribution in [2.24, 2.45) is 0 Å². The van der Waals surface area contributed by atoms with Gasteiger partial charge in [0.05, 0.1) is 0 Å². The van der Waals surface area contributed by atoms with Gasteiger partial charge in [-0.15, -0.1) is 0 Å². The minimum absolute atomic E-state index is 0.00481. The molecule has 1 unspecified atom stereocenters. The van der Waals surface area contributed by atoms with Crippen molar-refractivity contribution in [3.8, 4) is 0 Å². The molecule has 0 aromatic heterocycles. The number of benzene rings is 1. The average Bonchev–Trinajstić information content (AvgIpc) is 2.33. The van der Waals surface area contributed by atoms with Crippen LogP contribution in [0.2, 0.25) is 0 Å². The summed E-state index contributed by atoms with van der Waals surface area (Å²) < 4.78 is 25.8. The summed E-state index contributed by atoms with van der Waals surface area (Å²) in [5.41, 5.74) is 1.35. The highest BCUT2D eigenvalue weighted by Gasteiger charge is 2.23. The van der Waals surface area contributed by atoms with Crippen LogP contribution in [-0.2, 0) is 6.42 Å². The molecular weight excluding hydrogens is 178 g/mol. The predicted molar refractivity (Wildman–Crippen MR) is 46.4 cm³/mol. The molecule has 2 rings (SSSR count). The third-order valence-electron chi connectivity index (χ3n) is 2.22. The summed E-state index contributed by atoms with van der Waals surface area (Å²) in [6.45, 7) is 0. The SMILES string of the molecule is Fc1cc(F)c2c(c1)C(S)CC2. The van der Waals surface area contributed by atoms with Crippen LogP contribution < -0.4 is 0 Å². The van der Waals surface area contributed by atoms with Gasteiger partial charge in [-0.2, -0.15) is 12.6 Å². The molecule has 0 nitrogen and oxygen atoms in total. The fourth-order valence-corrected chi connectivity index (χ4v) is 1.98. The molecule has 0 bridgehead atoms. The summed E-state index contributed by atoms with van der Waals surface area (Å²) in [6, 6.07) is 2.31. The summed E-state index contributed by atoms with van der Waals surface area (Å²) in [5.74, 6) is -0.936. The summed E-state index contributed by atoms with van der Waals surface area (Å²) >= 11 is 4.23. The normalized spacial score (nSPS) is 21.1. The van der Waals surface area contributed by atoms with E-state index in [4.69, 9.17) is 0 Å².